The first-order valence-corrected chi connectivity index (χ1v) is 9.37. The molecule has 128 valence electrons. The van der Waals surface area contributed by atoms with Crippen LogP contribution in [0.4, 0.5) is 5.69 Å². The van der Waals surface area contributed by atoms with Crippen molar-refractivity contribution in [2.24, 2.45) is 0 Å². The minimum absolute atomic E-state index is 0.144. The van der Waals surface area contributed by atoms with Gasteiger partial charge in [-0.25, -0.2) is 0 Å². The van der Waals surface area contributed by atoms with E-state index in [4.69, 9.17) is 16.3 Å². The van der Waals surface area contributed by atoms with E-state index in [1.807, 2.05) is 44.2 Å². The second-order valence-electron chi connectivity index (χ2n) is 5.34. The lowest BCUT2D eigenvalue weighted by molar-refractivity contribution is -0.122. The Hall–Kier alpha value is -1.65. The maximum atomic E-state index is 12.6. The first-order chi connectivity index (χ1) is 11.5. The van der Waals surface area contributed by atoms with E-state index < -0.39 is 6.10 Å². The van der Waals surface area contributed by atoms with E-state index in [1.54, 1.807) is 23.9 Å². The molecule has 0 fully saturated rings. The van der Waals surface area contributed by atoms with Crippen molar-refractivity contribution in [3.8, 4) is 5.75 Å². The summed E-state index contributed by atoms with van der Waals surface area (Å²) >= 11 is 7.73. The summed E-state index contributed by atoms with van der Waals surface area (Å²) in [5.74, 6) is 1.45. The molecule has 2 aromatic rings. The van der Waals surface area contributed by atoms with Gasteiger partial charge in [-0.15, -0.1) is 11.8 Å². The minimum atomic E-state index is -0.551. The van der Waals surface area contributed by atoms with Crippen LogP contribution in [-0.4, -0.2) is 17.8 Å². The molecule has 0 saturated carbocycles. The van der Waals surface area contributed by atoms with E-state index in [2.05, 4.69) is 12.2 Å². The Labute approximate surface area is 152 Å². The van der Waals surface area contributed by atoms with Gasteiger partial charge in [-0.3, -0.25) is 4.79 Å². The zero-order chi connectivity index (χ0) is 17.5. The van der Waals surface area contributed by atoms with E-state index in [0.29, 0.717) is 17.2 Å². The van der Waals surface area contributed by atoms with Crippen molar-refractivity contribution in [1.82, 2.24) is 0 Å². The second-order valence-corrected chi connectivity index (χ2v) is 7.06. The van der Waals surface area contributed by atoms with E-state index in [-0.39, 0.29) is 5.91 Å². The molecular formula is C19H22ClNO2S. The first-order valence-electron chi connectivity index (χ1n) is 8.00. The molecule has 0 aromatic heterocycles. The van der Waals surface area contributed by atoms with Crippen LogP contribution < -0.4 is 10.1 Å². The number of thioether (sulfide) groups is 1. The number of para-hydroxylation sites is 1. The quantitative estimate of drug-likeness (QED) is 0.655. The summed E-state index contributed by atoms with van der Waals surface area (Å²) in [6.45, 7) is 5.93. The topological polar surface area (TPSA) is 38.3 Å². The molecule has 0 spiro atoms. The van der Waals surface area contributed by atoms with Gasteiger partial charge < -0.3 is 10.1 Å². The molecule has 3 nitrogen and oxygen atoms in total. The molecule has 24 heavy (non-hydrogen) atoms. The van der Waals surface area contributed by atoms with Crippen molar-refractivity contribution >= 4 is 35.0 Å². The molecule has 0 aliphatic rings. The zero-order valence-electron chi connectivity index (χ0n) is 14.1. The standard InChI is InChI=1S/C19H22ClNO2S/c1-4-17(23-14-10-11-15(20)13(3)12-14)19(22)21-16-8-6-7-9-18(16)24-5-2/h6-12,17H,4-5H2,1-3H3,(H,21,22)/t17-/m1/s1. The summed E-state index contributed by atoms with van der Waals surface area (Å²) in [6, 6.07) is 13.2. The van der Waals surface area contributed by atoms with Crippen molar-refractivity contribution in [2.75, 3.05) is 11.1 Å². The molecule has 0 saturated heterocycles. The number of ether oxygens (including phenoxy) is 1. The fourth-order valence-electron chi connectivity index (χ4n) is 2.24. The first kappa shape index (κ1) is 18.7. The van der Waals surface area contributed by atoms with Crippen LogP contribution >= 0.6 is 23.4 Å². The normalized spacial score (nSPS) is 11.8. The monoisotopic (exact) mass is 363 g/mol. The molecular weight excluding hydrogens is 342 g/mol. The Bertz CT molecular complexity index is 706. The van der Waals surface area contributed by atoms with Crippen LogP contribution in [-0.2, 0) is 4.79 Å². The number of nitrogens with one attached hydrogen (secondary N) is 1. The summed E-state index contributed by atoms with van der Waals surface area (Å²) in [6.07, 6.45) is 0.0293. The Morgan fingerprint density at radius 3 is 2.67 bits per heavy atom. The number of hydrogen-bond acceptors (Lipinski definition) is 3. The molecule has 0 heterocycles. The summed E-state index contributed by atoms with van der Waals surface area (Å²) in [5.41, 5.74) is 1.75. The molecule has 1 amide bonds. The highest BCUT2D eigenvalue weighted by Crippen LogP contribution is 2.27. The molecule has 0 radical (unpaired) electrons. The van der Waals surface area contributed by atoms with Crippen LogP contribution in [0.3, 0.4) is 0 Å². The van der Waals surface area contributed by atoms with Crippen molar-refractivity contribution in [3.63, 3.8) is 0 Å². The maximum absolute atomic E-state index is 12.6. The van der Waals surface area contributed by atoms with E-state index >= 15 is 0 Å². The number of benzene rings is 2. The summed E-state index contributed by atoms with van der Waals surface area (Å²) in [5, 5.41) is 3.67. The number of aryl methyl sites for hydroxylation is 1. The highest BCUT2D eigenvalue weighted by Gasteiger charge is 2.19. The smallest absolute Gasteiger partial charge is 0.265 e. The van der Waals surface area contributed by atoms with Crippen molar-refractivity contribution in [1.29, 1.82) is 0 Å². The number of carbonyl (C=O) groups excluding carboxylic acids is 1. The average molecular weight is 364 g/mol. The molecule has 2 rings (SSSR count). The third-order valence-electron chi connectivity index (χ3n) is 3.52. The van der Waals surface area contributed by atoms with Gasteiger partial charge >= 0.3 is 0 Å². The summed E-state index contributed by atoms with van der Waals surface area (Å²) < 4.78 is 5.86. The molecule has 0 unspecified atom stereocenters. The SMILES string of the molecule is CCSc1ccccc1NC(=O)[C@@H](CC)Oc1ccc(Cl)c(C)c1. The van der Waals surface area contributed by atoms with Gasteiger partial charge in [-0.05, 0) is 55.0 Å². The molecule has 0 aliphatic carbocycles. The number of carbonyl (C=O) groups is 1. The Kier molecular flexibility index (Phi) is 7.00. The number of rotatable bonds is 7. The van der Waals surface area contributed by atoms with Gasteiger partial charge in [0.15, 0.2) is 6.10 Å². The van der Waals surface area contributed by atoms with E-state index in [1.165, 1.54) is 0 Å². The lowest BCUT2D eigenvalue weighted by Gasteiger charge is -2.19. The number of amides is 1. The molecule has 0 bridgehead atoms. The molecule has 0 aliphatic heterocycles. The van der Waals surface area contributed by atoms with Crippen molar-refractivity contribution in [3.05, 3.63) is 53.1 Å². The fourth-order valence-corrected chi connectivity index (χ4v) is 3.12. The Balaban J connectivity index is 2.10. The van der Waals surface area contributed by atoms with Crippen LogP contribution in [0.1, 0.15) is 25.8 Å². The predicted molar refractivity (Wildman–Crippen MR) is 102 cm³/mol. The lowest BCUT2D eigenvalue weighted by Crippen LogP contribution is -2.32. The van der Waals surface area contributed by atoms with Crippen molar-refractivity contribution < 1.29 is 9.53 Å². The average Bonchev–Trinajstić information content (AvgIpc) is 2.57. The van der Waals surface area contributed by atoms with Crippen LogP contribution in [0.15, 0.2) is 47.4 Å². The van der Waals surface area contributed by atoms with Gasteiger partial charge in [0.2, 0.25) is 0 Å². The second kappa shape index (κ2) is 9.00. The summed E-state index contributed by atoms with van der Waals surface area (Å²) in [7, 11) is 0. The minimum Gasteiger partial charge on any atom is -0.481 e. The van der Waals surface area contributed by atoms with Gasteiger partial charge in [0.25, 0.3) is 5.91 Å². The third kappa shape index (κ3) is 4.92. The van der Waals surface area contributed by atoms with Gasteiger partial charge in [-0.2, -0.15) is 0 Å². The van der Waals surface area contributed by atoms with Crippen LogP contribution in [0.2, 0.25) is 5.02 Å². The summed E-state index contributed by atoms with van der Waals surface area (Å²) in [4.78, 5) is 13.6. The van der Waals surface area contributed by atoms with Crippen LogP contribution in [0, 0.1) is 6.92 Å². The highest BCUT2D eigenvalue weighted by atomic mass is 35.5. The molecule has 1 N–H and O–H groups in total. The molecule has 5 heteroatoms. The Morgan fingerprint density at radius 1 is 1.25 bits per heavy atom. The zero-order valence-corrected chi connectivity index (χ0v) is 15.7. The molecule has 2 aromatic carbocycles. The maximum Gasteiger partial charge on any atom is 0.265 e. The van der Waals surface area contributed by atoms with Crippen LogP contribution in [0.25, 0.3) is 0 Å². The van der Waals surface area contributed by atoms with Gasteiger partial charge in [0, 0.05) is 9.92 Å². The number of halogens is 1. The third-order valence-corrected chi connectivity index (χ3v) is 4.90. The van der Waals surface area contributed by atoms with E-state index in [0.717, 1.165) is 21.9 Å². The van der Waals surface area contributed by atoms with E-state index in [9.17, 15) is 4.79 Å². The highest BCUT2D eigenvalue weighted by molar-refractivity contribution is 7.99. The Morgan fingerprint density at radius 2 is 2.00 bits per heavy atom. The number of hydrogen-bond donors (Lipinski definition) is 1. The van der Waals surface area contributed by atoms with Gasteiger partial charge in [-0.1, -0.05) is 37.6 Å². The fraction of sp³-hybridized carbons (Fsp3) is 0.316. The number of anilines is 1. The van der Waals surface area contributed by atoms with Crippen LogP contribution in [0.5, 0.6) is 5.75 Å². The van der Waals surface area contributed by atoms with Gasteiger partial charge in [0.05, 0.1) is 5.69 Å². The van der Waals surface area contributed by atoms with Gasteiger partial charge in [0.1, 0.15) is 5.75 Å². The predicted octanol–water partition coefficient (Wildman–Crippen LogP) is 5.56. The van der Waals surface area contributed by atoms with Crippen molar-refractivity contribution in [2.45, 2.75) is 38.2 Å². The largest absolute Gasteiger partial charge is 0.481 e. The molecule has 1 atom stereocenters. The lowest BCUT2D eigenvalue weighted by atomic mass is 10.2.